The van der Waals surface area contributed by atoms with Crippen LogP contribution < -0.4 is 5.32 Å². The molecule has 1 amide bonds. The molecule has 0 aromatic heterocycles. The van der Waals surface area contributed by atoms with Crippen molar-refractivity contribution in [1.82, 2.24) is 5.32 Å². The van der Waals surface area contributed by atoms with Crippen molar-refractivity contribution in [2.24, 2.45) is 16.7 Å². The molecule has 3 fully saturated rings. The molecule has 1 aliphatic heterocycles. The molecule has 3 aliphatic carbocycles. The molecule has 57 heavy (non-hydrogen) atoms. The summed E-state index contributed by atoms with van der Waals surface area (Å²) >= 11 is 1.54. The molecule has 1 heterocycles. The average Bonchev–Trinajstić information content (AvgIpc) is 3.13. The topological polar surface area (TPSA) is 195 Å². The minimum atomic E-state index is -2.18. The first-order chi connectivity index (χ1) is 26.6. The maximum absolute atomic E-state index is 14.9. The summed E-state index contributed by atoms with van der Waals surface area (Å²) in [6, 6.07) is 15.1. The predicted molar refractivity (Wildman–Crippen MR) is 209 cm³/mol. The van der Waals surface area contributed by atoms with Gasteiger partial charge in [0.05, 0.1) is 17.5 Å². The molecule has 2 aromatic rings. The smallest absolute Gasteiger partial charge is 0.408 e. The van der Waals surface area contributed by atoms with Crippen molar-refractivity contribution < 1.29 is 58.2 Å². The molecule has 4 aliphatic rings. The highest BCUT2D eigenvalue weighted by molar-refractivity contribution is 8.01. The molecule has 6 rings (SSSR count). The van der Waals surface area contributed by atoms with Crippen LogP contribution in [0, 0.1) is 16.7 Å². The van der Waals surface area contributed by atoms with E-state index in [1.54, 1.807) is 109 Å². The second kappa shape index (κ2) is 15.2. The van der Waals surface area contributed by atoms with Crippen molar-refractivity contribution in [3.8, 4) is 0 Å². The van der Waals surface area contributed by atoms with Crippen LogP contribution in [0.5, 0.6) is 0 Å². The van der Waals surface area contributed by atoms with E-state index in [2.05, 4.69) is 5.32 Å². The van der Waals surface area contributed by atoms with Crippen molar-refractivity contribution >= 4 is 41.5 Å². The van der Waals surface area contributed by atoms with Crippen LogP contribution >= 0.6 is 11.8 Å². The number of fused-ring (bicyclic) bond motifs is 5. The Bertz CT molecular complexity index is 1950. The third-order valence-corrected chi connectivity index (χ3v) is 14.1. The molecule has 2 bridgehead atoms. The summed E-state index contributed by atoms with van der Waals surface area (Å²) in [5.41, 5.74) is -6.53. The monoisotopic (exact) mass is 807 g/mol. The quantitative estimate of drug-likeness (QED) is 0.158. The fourth-order valence-electron chi connectivity index (χ4n) is 9.58. The lowest BCUT2D eigenvalue weighted by Gasteiger charge is -2.66. The van der Waals surface area contributed by atoms with E-state index in [1.807, 2.05) is 0 Å². The number of alkyl carbamates (subject to hydrolysis) is 1. The largest absolute Gasteiger partial charge is 0.457 e. The molecule has 308 valence electrons. The number of carbonyl (C=O) groups is 5. The summed E-state index contributed by atoms with van der Waals surface area (Å²) < 4.78 is 24.0. The number of ether oxygens (including phenoxy) is 4. The standard InChI is InChI=1S/C43H53NO12S/c1-23-27(53-37(50)32(47)30(25-15-11-9-12-16-25)44-38(51)56-39(3,4)5)21-43(52)35(54-36(49)26-17-13-10-14-18-26)33-41(8,34(48)31(46)29(23)40(43,6)7)20-19-28-42(33,22-57-28)55-24(2)45/h9-18,27-28,30-33,35,46-47,52H,19-22H2,1-8H3,(H,44,51)/t27-,28+,30-,31+,32+,33?,35?,41+,42-,43+/m0/s1. The Balaban J connectivity index is 1.47. The molecule has 0 spiro atoms. The SMILES string of the molecule is CC(=O)O[C@@]12CS[C@@H]1CC[C@@]1(C)C(=O)[C@H](O)C3=C(C)[C@@H](OC(=O)[C@H](O)[C@@H](NC(=O)OC(C)(C)C)c4ccccc4)C[C@@](O)(C(OC(=O)c4ccccc4)C12)C3(C)C. The van der Waals surface area contributed by atoms with Gasteiger partial charge in [-0.2, -0.15) is 11.8 Å². The van der Waals surface area contributed by atoms with E-state index in [-0.39, 0.29) is 34.1 Å². The Morgan fingerprint density at radius 2 is 1.58 bits per heavy atom. The third kappa shape index (κ3) is 7.38. The van der Waals surface area contributed by atoms with Gasteiger partial charge in [-0.1, -0.05) is 69.3 Å². The van der Waals surface area contributed by atoms with Gasteiger partial charge in [-0.3, -0.25) is 9.59 Å². The maximum Gasteiger partial charge on any atom is 0.408 e. The van der Waals surface area contributed by atoms with Gasteiger partial charge in [-0.15, -0.1) is 0 Å². The fourth-order valence-corrected chi connectivity index (χ4v) is 11.0. The van der Waals surface area contributed by atoms with Crippen molar-refractivity contribution in [3.05, 3.63) is 82.9 Å². The Morgan fingerprint density at radius 3 is 2.14 bits per heavy atom. The second-order valence-corrected chi connectivity index (χ2v) is 18.7. The van der Waals surface area contributed by atoms with Crippen LogP contribution in [0.25, 0.3) is 0 Å². The zero-order chi connectivity index (χ0) is 41.9. The maximum atomic E-state index is 14.9. The number of rotatable bonds is 8. The number of amides is 1. The molecule has 2 unspecified atom stereocenters. The molecular weight excluding hydrogens is 755 g/mol. The number of Topliss-reactive ketones (excluding diaryl/α,β-unsaturated/α-hetero) is 1. The second-order valence-electron chi connectivity index (χ2n) is 17.5. The van der Waals surface area contributed by atoms with Gasteiger partial charge in [0.1, 0.15) is 35.1 Å². The molecule has 14 heteroatoms. The van der Waals surface area contributed by atoms with E-state index in [0.29, 0.717) is 12.0 Å². The summed E-state index contributed by atoms with van der Waals surface area (Å²) in [7, 11) is 0. The van der Waals surface area contributed by atoms with Gasteiger partial charge in [0.2, 0.25) is 0 Å². The van der Waals surface area contributed by atoms with Crippen LogP contribution in [0.2, 0.25) is 0 Å². The molecule has 13 nitrogen and oxygen atoms in total. The van der Waals surface area contributed by atoms with Gasteiger partial charge in [-0.25, -0.2) is 14.4 Å². The van der Waals surface area contributed by atoms with E-state index >= 15 is 0 Å². The van der Waals surface area contributed by atoms with Gasteiger partial charge >= 0.3 is 24.0 Å². The highest BCUT2D eigenvalue weighted by Crippen LogP contribution is 2.66. The highest BCUT2D eigenvalue weighted by atomic mass is 32.2. The van der Waals surface area contributed by atoms with Gasteiger partial charge < -0.3 is 39.6 Å². The number of esters is 3. The fraction of sp³-hybridized carbons (Fsp3) is 0.558. The van der Waals surface area contributed by atoms with Crippen LogP contribution in [-0.4, -0.2) is 97.3 Å². The van der Waals surface area contributed by atoms with Crippen LogP contribution in [0.1, 0.15) is 96.6 Å². The van der Waals surface area contributed by atoms with Crippen LogP contribution in [-0.2, 0) is 33.3 Å². The zero-order valence-corrected chi connectivity index (χ0v) is 34.4. The number of hydrogen-bond donors (Lipinski definition) is 4. The minimum Gasteiger partial charge on any atom is -0.457 e. The third-order valence-electron chi connectivity index (χ3n) is 12.4. The molecule has 2 aromatic carbocycles. The number of aliphatic hydroxyl groups excluding tert-OH is 2. The van der Waals surface area contributed by atoms with Gasteiger partial charge in [0, 0.05) is 35.2 Å². The summed E-state index contributed by atoms with van der Waals surface area (Å²) in [6.45, 7) is 12.8. The number of nitrogens with one attached hydrogen (secondary N) is 1. The highest BCUT2D eigenvalue weighted by Gasteiger charge is 2.75. The van der Waals surface area contributed by atoms with Crippen molar-refractivity contribution in [3.63, 3.8) is 0 Å². The lowest BCUT2D eigenvalue weighted by atomic mass is 9.46. The van der Waals surface area contributed by atoms with Crippen LogP contribution in [0.3, 0.4) is 0 Å². The van der Waals surface area contributed by atoms with Crippen molar-refractivity contribution in [2.45, 2.75) is 127 Å². The lowest BCUT2D eigenvalue weighted by molar-refractivity contribution is -0.247. The number of hydrogen-bond acceptors (Lipinski definition) is 13. The summed E-state index contributed by atoms with van der Waals surface area (Å²) in [6.07, 6.45) is -7.32. The Morgan fingerprint density at radius 1 is 0.965 bits per heavy atom. The van der Waals surface area contributed by atoms with Crippen LogP contribution in [0.15, 0.2) is 71.8 Å². The normalized spacial score (nSPS) is 32.8. The van der Waals surface area contributed by atoms with Crippen LogP contribution in [0.4, 0.5) is 4.79 Å². The van der Waals surface area contributed by atoms with E-state index < -0.39 is 100 Å². The average molecular weight is 808 g/mol. The summed E-state index contributed by atoms with van der Waals surface area (Å²) in [5.74, 6) is -4.12. The molecule has 2 saturated carbocycles. The first kappa shape index (κ1) is 42.4. The number of ketones is 1. The van der Waals surface area contributed by atoms with E-state index in [4.69, 9.17) is 18.9 Å². The van der Waals surface area contributed by atoms with Crippen molar-refractivity contribution in [2.75, 3.05) is 5.75 Å². The van der Waals surface area contributed by atoms with Crippen molar-refractivity contribution in [1.29, 1.82) is 0 Å². The summed E-state index contributed by atoms with van der Waals surface area (Å²) in [5, 5.41) is 39.5. The zero-order valence-electron chi connectivity index (χ0n) is 33.6. The van der Waals surface area contributed by atoms with Gasteiger partial charge in [0.25, 0.3) is 0 Å². The van der Waals surface area contributed by atoms with E-state index in [0.717, 1.165) is 0 Å². The minimum absolute atomic E-state index is 0.0760. The Hall–Kier alpha value is -4.24. The lowest BCUT2D eigenvalue weighted by Crippen LogP contribution is -2.77. The summed E-state index contributed by atoms with van der Waals surface area (Å²) in [4.78, 5) is 68.9. The van der Waals surface area contributed by atoms with Gasteiger partial charge in [-0.05, 0) is 69.4 Å². The predicted octanol–water partition coefficient (Wildman–Crippen LogP) is 5.01. The first-order valence-electron chi connectivity index (χ1n) is 19.2. The molecule has 0 radical (unpaired) electrons. The molecule has 10 atom stereocenters. The van der Waals surface area contributed by atoms with E-state index in [9.17, 15) is 39.3 Å². The number of benzene rings is 2. The Labute approximate surface area is 336 Å². The first-order valence-corrected chi connectivity index (χ1v) is 20.3. The number of aliphatic hydroxyl groups is 3. The molecule has 4 N–H and O–H groups in total. The Kier molecular flexibility index (Phi) is 11.3. The number of carbonyl (C=O) groups excluding carboxylic acids is 5. The molecular formula is C43H53NO12S. The number of thioether (sulfide) groups is 1. The molecule has 1 saturated heterocycles. The van der Waals surface area contributed by atoms with E-state index in [1.165, 1.54) is 18.7 Å². The van der Waals surface area contributed by atoms with Gasteiger partial charge in [0.15, 0.2) is 11.9 Å².